The van der Waals surface area contributed by atoms with Gasteiger partial charge in [0.2, 0.25) is 5.91 Å². The first-order valence-corrected chi connectivity index (χ1v) is 6.18. The quantitative estimate of drug-likeness (QED) is 0.747. The number of carbonyl (C=O) groups excluding carboxylic acids is 1. The molecule has 0 radical (unpaired) electrons. The molecular weight excluding hydrogens is 228 g/mol. The molecule has 0 saturated heterocycles. The standard InChI is InChI=1S/C14H22N2O2/c1-16(14(17)4-3-9-18-2)11-13-7-5-12(10-15)6-8-13/h5-8H,3-4,9-11,15H2,1-2H3. The summed E-state index contributed by atoms with van der Waals surface area (Å²) in [6.45, 7) is 1.81. The smallest absolute Gasteiger partial charge is 0.222 e. The number of nitrogens with two attached hydrogens (primary N) is 1. The molecule has 18 heavy (non-hydrogen) atoms. The van der Waals surface area contributed by atoms with Crippen molar-refractivity contribution in [2.24, 2.45) is 5.73 Å². The zero-order chi connectivity index (χ0) is 13.4. The zero-order valence-corrected chi connectivity index (χ0v) is 11.2. The van der Waals surface area contributed by atoms with Crippen molar-refractivity contribution < 1.29 is 9.53 Å². The summed E-state index contributed by atoms with van der Waals surface area (Å²) in [7, 11) is 3.47. The predicted octanol–water partition coefficient (Wildman–Crippen LogP) is 1.53. The van der Waals surface area contributed by atoms with Crippen LogP contribution in [0.4, 0.5) is 0 Å². The van der Waals surface area contributed by atoms with Gasteiger partial charge in [-0.15, -0.1) is 0 Å². The van der Waals surface area contributed by atoms with Gasteiger partial charge in [-0.25, -0.2) is 0 Å². The molecule has 1 aromatic carbocycles. The van der Waals surface area contributed by atoms with Crippen molar-refractivity contribution in [2.45, 2.75) is 25.9 Å². The SMILES string of the molecule is COCCCC(=O)N(C)Cc1ccc(CN)cc1. The van der Waals surface area contributed by atoms with E-state index in [0.717, 1.165) is 17.5 Å². The molecule has 0 aromatic heterocycles. The van der Waals surface area contributed by atoms with Gasteiger partial charge in [0.1, 0.15) is 0 Å². The third kappa shape index (κ3) is 4.85. The molecule has 0 fully saturated rings. The zero-order valence-electron chi connectivity index (χ0n) is 11.2. The highest BCUT2D eigenvalue weighted by Gasteiger charge is 2.08. The second-order valence-corrected chi connectivity index (χ2v) is 4.37. The molecule has 0 aliphatic carbocycles. The van der Waals surface area contributed by atoms with Crippen LogP contribution in [0.1, 0.15) is 24.0 Å². The Balaban J connectivity index is 2.42. The minimum Gasteiger partial charge on any atom is -0.385 e. The summed E-state index contributed by atoms with van der Waals surface area (Å²) in [4.78, 5) is 13.5. The van der Waals surface area contributed by atoms with E-state index in [1.54, 1.807) is 12.0 Å². The molecule has 0 unspecified atom stereocenters. The predicted molar refractivity (Wildman–Crippen MR) is 71.9 cm³/mol. The second kappa shape index (κ2) is 7.84. The summed E-state index contributed by atoms with van der Waals surface area (Å²) in [6.07, 6.45) is 1.30. The van der Waals surface area contributed by atoms with Crippen molar-refractivity contribution in [3.05, 3.63) is 35.4 Å². The van der Waals surface area contributed by atoms with Crippen LogP contribution in [-0.2, 0) is 22.6 Å². The van der Waals surface area contributed by atoms with Gasteiger partial charge < -0.3 is 15.4 Å². The third-order valence-corrected chi connectivity index (χ3v) is 2.84. The molecule has 1 rings (SSSR count). The van der Waals surface area contributed by atoms with Crippen LogP contribution in [0.15, 0.2) is 24.3 Å². The van der Waals surface area contributed by atoms with Crippen molar-refractivity contribution in [1.82, 2.24) is 4.90 Å². The molecule has 1 amide bonds. The van der Waals surface area contributed by atoms with E-state index < -0.39 is 0 Å². The Morgan fingerprint density at radius 1 is 1.28 bits per heavy atom. The molecule has 0 saturated carbocycles. The van der Waals surface area contributed by atoms with Crippen LogP contribution < -0.4 is 5.73 Å². The molecule has 0 bridgehead atoms. The number of nitrogens with zero attached hydrogens (tertiary/aromatic N) is 1. The maximum absolute atomic E-state index is 11.8. The van der Waals surface area contributed by atoms with Gasteiger partial charge in [-0.1, -0.05) is 24.3 Å². The molecule has 1 aromatic rings. The average Bonchev–Trinajstić information content (AvgIpc) is 2.39. The van der Waals surface area contributed by atoms with E-state index in [0.29, 0.717) is 26.1 Å². The molecule has 0 heterocycles. The average molecular weight is 250 g/mol. The van der Waals surface area contributed by atoms with Crippen molar-refractivity contribution in [1.29, 1.82) is 0 Å². The van der Waals surface area contributed by atoms with E-state index in [1.807, 2.05) is 31.3 Å². The number of rotatable bonds is 7. The fraction of sp³-hybridized carbons (Fsp3) is 0.500. The van der Waals surface area contributed by atoms with Crippen LogP contribution in [0.25, 0.3) is 0 Å². The van der Waals surface area contributed by atoms with Crippen molar-refractivity contribution in [2.75, 3.05) is 20.8 Å². The van der Waals surface area contributed by atoms with E-state index in [1.165, 1.54) is 0 Å². The van der Waals surface area contributed by atoms with Gasteiger partial charge in [0.15, 0.2) is 0 Å². The van der Waals surface area contributed by atoms with Gasteiger partial charge in [-0.3, -0.25) is 4.79 Å². The molecule has 0 spiro atoms. The molecule has 2 N–H and O–H groups in total. The molecule has 0 atom stereocenters. The molecular formula is C14H22N2O2. The second-order valence-electron chi connectivity index (χ2n) is 4.37. The largest absolute Gasteiger partial charge is 0.385 e. The Bertz CT molecular complexity index is 363. The number of hydrogen-bond donors (Lipinski definition) is 1. The van der Waals surface area contributed by atoms with Crippen LogP contribution in [0.2, 0.25) is 0 Å². The van der Waals surface area contributed by atoms with Gasteiger partial charge in [0.05, 0.1) is 0 Å². The Morgan fingerprint density at radius 2 is 1.89 bits per heavy atom. The van der Waals surface area contributed by atoms with Crippen LogP contribution in [0.3, 0.4) is 0 Å². The summed E-state index contributed by atoms with van der Waals surface area (Å²) in [6, 6.07) is 8.03. The topological polar surface area (TPSA) is 55.6 Å². The summed E-state index contributed by atoms with van der Waals surface area (Å²) < 4.78 is 4.93. The van der Waals surface area contributed by atoms with E-state index in [4.69, 9.17) is 10.5 Å². The monoisotopic (exact) mass is 250 g/mol. The minimum atomic E-state index is 0.148. The fourth-order valence-electron chi connectivity index (χ4n) is 1.70. The first-order valence-electron chi connectivity index (χ1n) is 6.18. The number of methoxy groups -OCH3 is 1. The highest BCUT2D eigenvalue weighted by molar-refractivity contribution is 5.75. The summed E-state index contributed by atoms with van der Waals surface area (Å²) >= 11 is 0. The normalized spacial score (nSPS) is 10.4. The fourth-order valence-corrected chi connectivity index (χ4v) is 1.70. The number of ether oxygens (including phenoxy) is 1. The number of amides is 1. The number of carbonyl (C=O) groups is 1. The van der Waals surface area contributed by atoms with E-state index in [-0.39, 0.29) is 5.91 Å². The van der Waals surface area contributed by atoms with Crippen LogP contribution in [-0.4, -0.2) is 31.6 Å². The molecule has 4 nitrogen and oxygen atoms in total. The molecule has 100 valence electrons. The maximum atomic E-state index is 11.8. The number of hydrogen-bond acceptors (Lipinski definition) is 3. The van der Waals surface area contributed by atoms with Gasteiger partial charge >= 0.3 is 0 Å². The lowest BCUT2D eigenvalue weighted by Crippen LogP contribution is -2.26. The van der Waals surface area contributed by atoms with Crippen LogP contribution in [0.5, 0.6) is 0 Å². The highest BCUT2D eigenvalue weighted by Crippen LogP contribution is 2.07. The van der Waals surface area contributed by atoms with Crippen molar-refractivity contribution >= 4 is 5.91 Å². The minimum absolute atomic E-state index is 0.148. The van der Waals surface area contributed by atoms with E-state index >= 15 is 0 Å². The maximum Gasteiger partial charge on any atom is 0.222 e. The van der Waals surface area contributed by atoms with Gasteiger partial charge in [0.25, 0.3) is 0 Å². The number of benzene rings is 1. The Labute approximate surface area is 109 Å². The van der Waals surface area contributed by atoms with Gasteiger partial charge in [-0.05, 0) is 17.5 Å². The lowest BCUT2D eigenvalue weighted by atomic mass is 10.1. The Kier molecular flexibility index (Phi) is 6.39. The van der Waals surface area contributed by atoms with E-state index in [2.05, 4.69) is 0 Å². The first kappa shape index (κ1) is 14.7. The molecule has 0 aliphatic rings. The van der Waals surface area contributed by atoms with Crippen molar-refractivity contribution in [3.8, 4) is 0 Å². The summed E-state index contributed by atoms with van der Waals surface area (Å²) in [5.74, 6) is 0.148. The molecule has 4 heteroatoms. The highest BCUT2D eigenvalue weighted by atomic mass is 16.5. The van der Waals surface area contributed by atoms with Crippen LogP contribution >= 0.6 is 0 Å². The molecule has 0 aliphatic heterocycles. The Morgan fingerprint density at radius 3 is 2.44 bits per heavy atom. The van der Waals surface area contributed by atoms with Crippen LogP contribution in [0, 0.1) is 0 Å². The van der Waals surface area contributed by atoms with Gasteiger partial charge in [-0.2, -0.15) is 0 Å². The van der Waals surface area contributed by atoms with E-state index in [9.17, 15) is 4.79 Å². The lowest BCUT2D eigenvalue weighted by Gasteiger charge is -2.17. The summed E-state index contributed by atoms with van der Waals surface area (Å²) in [5, 5.41) is 0. The third-order valence-electron chi connectivity index (χ3n) is 2.84. The first-order chi connectivity index (χ1) is 8.67. The van der Waals surface area contributed by atoms with Crippen molar-refractivity contribution in [3.63, 3.8) is 0 Å². The summed E-state index contributed by atoms with van der Waals surface area (Å²) in [5.41, 5.74) is 7.77. The lowest BCUT2D eigenvalue weighted by molar-refractivity contribution is -0.130. The Hall–Kier alpha value is -1.39. The van der Waals surface area contributed by atoms with Gasteiger partial charge in [0, 0.05) is 40.3 Å².